The molecule has 0 aromatic rings. The lowest BCUT2D eigenvalue weighted by molar-refractivity contribution is 0.267. The summed E-state index contributed by atoms with van der Waals surface area (Å²) in [5.74, 6) is 0. The van der Waals surface area contributed by atoms with E-state index in [1.807, 2.05) is 0 Å². The van der Waals surface area contributed by atoms with E-state index in [4.69, 9.17) is 0 Å². The van der Waals surface area contributed by atoms with Crippen molar-refractivity contribution in [3.8, 4) is 0 Å². The topological polar surface area (TPSA) is 39.3 Å². The Morgan fingerprint density at radius 2 is 1.00 bits per heavy atom. The number of nitrogens with one attached hydrogen (secondary N) is 3. The summed E-state index contributed by atoms with van der Waals surface area (Å²) in [4.78, 5) is 11.6. The minimum Gasteiger partial charge on any atom is -0.301 e. The lowest BCUT2D eigenvalue weighted by Gasteiger charge is -2.47. The fraction of sp³-hybridized carbons (Fsp3) is 1.00. The molecule has 5 heteroatoms. The van der Waals surface area contributed by atoms with Gasteiger partial charge in [0, 0.05) is 12.1 Å². The second-order valence-electron chi connectivity index (χ2n) is 6.09. The number of rotatable bonds is 12. The third-order valence-corrected chi connectivity index (χ3v) is 7.48. The highest BCUT2D eigenvalue weighted by Crippen LogP contribution is 2.12. The zero-order valence-corrected chi connectivity index (χ0v) is 15.8. The van der Waals surface area contributed by atoms with E-state index in [2.05, 4.69) is 68.0 Å². The van der Waals surface area contributed by atoms with Crippen LogP contribution in [-0.2, 0) is 0 Å². The van der Waals surface area contributed by atoms with Gasteiger partial charge in [0.2, 0.25) is 0 Å². The van der Waals surface area contributed by atoms with Gasteiger partial charge in [-0.1, -0.05) is 48.5 Å². The predicted molar refractivity (Wildman–Crippen MR) is 92.7 cm³/mol. The molecule has 0 saturated carbocycles. The van der Waals surface area contributed by atoms with Crippen molar-refractivity contribution in [2.75, 3.05) is 19.6 Å². The van der Waals surface area contributed by atoms with Crippen LogP contribution in [0.4, 0.5) is 0 Å². The van der Waals surface area contributed by atoms with Crippen LogP contribution in [0.3, 0.4) is 0 Å². The Kier molecular flexibility index (Phi) is 10.8. The second kappa shape index (κ2) is 10.7. The van der Waals surface area contributed by atoms with E-state index in [1.54, 1.807) is 0 Å². The summed E-state index contributed by atoms with van der Waals surface area (Å²) in [6.45, 7) is 19.1. The molecule has 0 atom stereocenters. The molecule has 0 fully saturated rings. The first-order valence-electron chi connectivity index (χ1n) is 8.48. The molecule has 0 saturated heterocycles. The average Bonchev–Trinajstić information content (AvgIpc) is 2.39. The number of hydrogen-bond donors (Lipinski definition) is 3. The first-order chi connectivity index (χ1) is 9.45. The summed E-state index contributed by atoms with van der Waals surface area (Å²) in [6, 6.07) is 1.06. The molecule has 3 N–H and O–H groups in total. The quantitative estimate of drug-likeness (QED) is 0.485. The smallest absolute Gasteiger partial charge is 0.301 e. The summed E-state index contributed by atoms with van der Waals surface area (Å²) in [5, 5.41) is 0. The standard InChI is InChI=1S/C15H38N4Si/c1-8-11-16-20(17-12-9-2,18-13-10-3)19(14(4)5)15(6)7/h14-18H,8-13H2,1-7H3. The fourth-order valence-electron chi connectivity index (χ4n) is 2.75. The van der Waals surface area contributed by atoms with Crippen molar-refractivity contribution >= 4 is 8.72 Å². The fourth-order valence-corrected chi connectivity index (χ4v) is 7.06. The summed E-state index contributed by atoms with van der Waals surface area (Å²) < 4.78 is 2.65. The maximum absolute atomic E-state index is 3.86. The Morgan fingerprint density at radius 3 is 1.20 bits per heavy atom. The molecule has 0 amide bonds. The Hall–Kier alpha value is 0.0569. The summed E-state index contributed by atoms with van der Waals surface area (Å²) in [7, 11) is -2.03. The van der Waals surface area contributed by atoms with E-state index < -0.39 is 8.72 Å². The van der Waals surface area contributed by atoms with E-state index >= 15 is 0 Å². The molecule has 0 radical (unpaired) electrons. The van der Waals surface area contributed by atoms with Gasteiger partial charge in [0.25, 0.3) is 0 Å². The predicted octanol–water partition coefficient (Wildman–Crippen LogP) is 2.54. The third-order valence-electron chi connectivity index (χ3n) is 3.39. The molecule has 0 rings (SSSR count). The van der Waals surface area contributed by atoms with E-state index in [-0.39, 0.29) is 0 Å². The van der Waals surface area contributed by atoms with E-state index in [0.717, 1.165) is 19.6 Å². The van der Waals surface area contributed by atoms with Gasteiger partial charge in [-0.15, -0.1) is 0 Å². The normalized spacial score (nSPS) is 12.9. The number of hydrogen-bond acceptors (Lipinski definition) is 4. The van der Waals surface area contributed by atoms with Crippen LogP contribution in [-0.4, -0.2) is 45.0 Å². The molecule has 0 bridgehead atoms. The minimum absolute atomic E-state index is 0.528. The molecule has 0 aliphatic rings. The largest absolute Gasteiger partial charge is 0.369 e. The van der Waals surface area contributed by atoms with Crippen LogP contribution in [0.5, 0.6) is 0 Å². The molecule has 0 spiro atoms. The molecule has 0 aliphatic heterocycles. The van der Waals surface area contributed by atoms with Crippen molar-refractivity contribution in [3.63, 3.8) is 0 Å². The van der Waals surface area contributed by atoms with Crippen LogP contribution < -0.4 is 14.9 Å². The zero-order valence-electron chi connectivity index (χ0n) is 14.8. The highest BCUT2D eigenvalue weighted by molar-refractivity contribution is 6.70. The third kappa shape index (κ3) is 6.22. The monoisotopic (exact) mass is 302 g/mol. The molecule has 4 nitrogen and oxygen atoms in total. The van der Waals surface area contributed by atoms with Gasteiger partial charge in [-0.25, -0.2) is 0 Å². The molecule has 0 aliphatic carbocycles. The molecule has 0 aromatic heterocycles. The Bertz CT molecular complexity index is 204. The van der Waals surface area contributed by atoms with Gasteiger partial charge in [0.05, 0.1) is 0 Å². The van der Waals surface area contributed by atoms with Crippen LogP contribution in [0.15, 0.2) is 0 Å². The lowest BCUT2D eigenvalue weighted by Crippen LogP contribution is -2.83. The van der Waals surface area contributed by atoms with Crippen molar-refractivity contribution in [3.05, 3.63) is 0 Å². The summed E-state index contributed by atoms with van der Waals surface area (Å²) in [6.07, 6.45) is 3.50. The van der Waals surface area contributed by atoms with E-state index in [9.17, 15) is 0 Å². The Labute approximate surface area is 128 Å². The molecule has 0 heterocycles. The van der Waals surface area contributed by atoms with Crippen molar-refractivity contribution in [1.82, 2.24) is 19.5 Å². The van der Waals surface area contributed by atoms with Gasteiger partial charge in [-0.05, 0) is 38.9 Å². The first-order valence-corrected chi connectivity index (χ1v) is 10.4. The summed E-state index contributed by atoms with van der Waals surface area (Å²) in [5.41, 5.74) is 0. The maximum Gasteiger partial charge on any atom is 0.369 e. The van der Waals surface area contributed by atoms with Gasteiger partial charge in [-0.2, -0.15) is 0 Å². The highest BCUT2D eigenvalue weighted by atomic mass is 28.4. The molecule has 0 aromatic carbocycles. The van der Waals surface area contributed by atoms with Crippen molar-refractivity contribution in [1.29, 1.82) is 0 Å². The molecular weight excluding hydrogens is 264 g/mol. The van der Waals surface area contributed by atoms with Gasteiger partial charge < -0.3 is 14.9 Å². The van der Waals surface area contributed by atoms with Crippen molar-refractivity contribution in [2.24, 2.45) is 0 Å². The lowest BCUT2D eigenvalue weighted by atomic mass is 10.3. The number of nitrogens with zero attached hydrogens (tertiary/aromatic N) is 1. The van der Waals surface area contributed by atoms with E-state index in [1.165, 1.54) is 19.3 Å². The van der Waals surface area contributed by atoms with Gasteiger partial charge in [0.1, 0.15) is 0 Å². The van der Waals surface area contributed by atoms with Gasteiger partial charge >= 0.3 is 8.72 Å². The van der Waals surface area contributed by atoms with Gasteiger partial charge in [0.15, 0.2) is 0 Å². The molecule has 20 heavy (non-hydrogen) atoms. The van der Waals surface area contributed by atoms with Crippen LogP contribution in [0.1, 0.15) is 67.7 Å². The Balaban J connectivity index is 5.27. The SMILES string of the molecule is CCCN[Si](NCCC)(NCCC)N(C(C)C)C(C)C. The van der Waals surface area contributed by atoms with Crippen molar-refractivity contribution < 1.29 is 0 Å². The minimum atomic E-state index is -2.03. The van der Waals surface area contributed by atoms with E-state index in [0.29, 0.717) is 12.1 Å². The molecule has 122 valence electrons. The average molecular weight is 303 g/mol. The van der Waals surface area contributed by atoms with Crippen molar-refractivity contribution in [2.45, 2.75) is 79.8 Å². The van der Waals surface area contributed by atoms with Crippen LogP contribution in [0.2, 0.25) is 0 Å². The summed E-state index contributed by atoms with van der Waals surface area (Å²) >= 11 is 0. The zero-order chi connectivity index (χ0) is 15.6. The van der Waals surface area contributed by atoms with Crippen LogP contribution in [0.25, 0.3) is 0 Å². The Morgan fingerprint density at radius 1 is 0.700 bits per heavy atom. The highest BCUT2D eigenvalue weighted by Gasteiger charge is 2.43. The van der Waals surface area contributed by atoms with Gasteiger partial charge in [-0.3, -0.25) is 4.57 Å². The van der Waals surface area contributed by atoms with Crippen LogP contribution in [0, 0.1) is 0 Å². The molecular formula is C15H38N4Si. The van der Waals surface area contributed by atoms with Crippen LogP contribution >= 0.6 is 0 Å². The maximum atomic E-state index is 3.86. The molecule has 0 unspecified atom stereocenters. The second-order valence-corrected chi connectivity index (χ2v) is 9.08. The first kappa shape index (κ1) is 20.1.